The minimum absolute atomic E-state index is 0.0337. The maximum Gasteiger partial charge on any atom is 0.471 e. The second kappa shape index (κ2) is 10.0. The molecule has 8 heteroatoms. The molecule has 0 heterocycles. The van der Waals surface area contributed by atoms with Crippen molar-refractivity contribution in [2.45, 2.75) is 111 Å². The summed E-state index contributed by atoms with van der Waals surface area (Å²) in [5.74, 6) is -0.639. The van der Waals surface area contributed by atoms with Crippen LogP contribution < -0.4 is 5.32 Å². The van der Waals surface area contributed by atoms with Gasteiger partial charge in [0.1, 0.15) is 5.78 Å². The second-order valence-corrected chi connectivity index (χ2v) is 18.9. The fourth-order valence-electron chi connectivity index (χ4n) is 7.45. The zero-order valence-corrected chi connectivity index (χ0v) is 24.6. The van der Waals surface area contributed by atoms with Gasteiger partial charge in [-0.25, -0.2) is 0 Å². The molecule has 1 amide bonds. The maximum atomic E-state index is 13.1. The van der Waals surface area contributed by atoms with Crippen LogP contribution in [0.25, 0.3) is 0 Å². The molecular weight excluding hydrogens is 483 g/mol. The average Bonchev–Trinajstić information content (AvgIpc) is 3.05. The van der Waals surface area contributed by atoms with E-state index in [9.17, 15) is 22.8 Å². The Hall–Kier alpha value is -0.893. The number of halogens is 3. The zero-order chi connectivity index (χ0) is 27.3. The summed E-state index contributed by atoms with van der Waals surface area (Å²) >= 11 is 0. The molecule has 3 aliphatic carbocycles. The SMILES string of the molecule is C[C@H]1CC[C@H]2[C@H](CNC(=O)C(F)(F)F)[C@@H]([C@@]3(C)CCC(=O)C[C@@H]3CO[Si](C)(C)C(C)(C)C)CC[C@]12C. The van der Waals surface area contributed by atoms with Crippen LogP contribution in [-0.4, -0.2) is 39.3 Å². The lowest BCUT2D eigenvalue weighted by Crippen LogP contribution is -2.55. The minimum atomic E-state index is -4.88. The van der Waals surface area contributed by atoms with E-state index in [2.05, 4.69) is 60.0 Å². The Morgan fingerprint density at radius 1 is 1.06 bits per heavy atom. The summed E-state index contributed by atoms with van der Waals surface area (Å²) in [5.41, 5.74) is -0.130. The van der Waals surface area contributed by atoms with Crippen molar-refractivity contribution >= 4 is 20.0 Å². The van der Waals surface area contributed by atoms with E-state index in [4.69, 9.17) is 4.43 Å². The quantitative estimate of drug-likeness (QED) is 0.371. The number of fused-ring (bicyclic) bond motifs is 1. The van der Waals surface area contributed by atoms with Gasteiger partial charge in [0.15, 0.2) is 8.32 Å². The van der Waals surface area contributed by atoms with Gasteiger partial charge in [0, 0.05) is 26.0 Å². The van der Waals surface area contributed by atoms with Gasteiger partial charge in [0.2, 0.25) is 0 Å². The molecule has 208 valence electrons. The topological polar surface area (TPSA) is 55.4 Å². The van der Waals surface area contributed by atoms with E-state index in [1.54, 1.807) is 0 Å². The third-order valence-electron chi connectivity index (χ3n) is 11.3. The van der Waals surface area contributed by atoms with Crippen molar-refractivity contribution in [1.29, 1.82) is 0 Å². The summed E-state index contributed by atoms with van der Waals surface area (Å²) in [4.78, 5) is 24.4. The molecule has 0 aromatic rings. The van der Waals surface area contributed by atoms with E-state index in [0.717, 1.165) is 32.1 Å². The number of rotatable bonds is 6. The maximum absolute atomic E-state index is 13.1. The number of hydrogen-bond donors (Lipinski definition) is 1. The largest absolute Gasteiger partial charge is 0.471 e. The molecular formula is C28H48F3NO3Si. The molecule has 3 rings (SSSR count). The van der Waals surface area contributed by atoms with Crippen LogP contribution in [-0.2, 0) is 14.0 Å². The van der Waals surface area contributed by atoms with Crippen LogP contribution in [0.4, 0.5) is 13.2 Å². The number of Topliss-reactive ketones (excluding diaryl/α,β-unsaturated/α-hetero) is 1. The summed E-state index contributed by atoms with van der Waals surface area (Å²) in [6, 6.07) is 0. The number of nitrogens with one attached hydrogen (secondary N) is 1. The van der Waals surface area contributed by atoms with E-state index in [0.29, 0.717) is 25.4 Å². The molecule has 0 radical (unpaired) electrons. The van der Waals surface area contributed by atoms with Gasteiger partial charge in [-0.05, 0) is 90.7 Å². The molecule has 0 bridgehead atoms. The molecule has 0 unspecified atom stereocenters. The van der Waals surface area contributed by atoms with Gasteiger partial charge in [0.25, 0.3) is 0 Å². The summed E-state index contributed by atoms with van der Waals surface area (Å²) in [6.45, 7) is 18.4. The van der Waals surface area contributed by atoms with Crippen molar-refractivity contribution in [1.82, 2.24) is 5.32 Å². The van der Waals surface area contributed by atoms with Crippen molar-refractivity contribution in [3.63, 3.8) is 0 Å². The van der Waals surface area contributed by atoms with E-state index in [1.165, 1.54) is 0 Å². The van der Waals surface area contributed by atoms with E-state index >= 15 is 0 Å². The van der Waals surface area contributed by atoms with Gasteiger partial charge < -0.3 is 9.74 Å². The van der Waals surface area contributed by atoms with Crippen molar-refractivity contribution in [2.24, 2.45) is 40.4 Å². The van der Waals surface area contributed by atoms with Crippen molar-refractivity contribution in [3.05, 3.63) is 0 Å². The molecule has 36 heavy (non-hydrogen) atoms. The van der Waals surface area contributed by atoms with Gasteiger partial charge in [-0.1, -0.05) is 41.5 Å². The Kier molecular flexibility index (Phi) is 8.25. The highest BCUT2D eigenvalue weighted by atomic mass is 28.4. The van der Waals surface area contributed by atoms with Crippen LogP contribution in [0.15, 0.2) is 0 Å². The summed E-state index contributed by atoms with van der Waals surface area (Å²) in [6.07, 6.45) is 0.885. The monoisotopic (exact) mass is 531 g/mol. The first kappa shape index (κ1) is 29.7. The van der Waals surface area contributed by atoms with Gasteiger partial charge in [-0.3, -0.25) is 9.59 Å². The van der Waals surface area contributed by atoms with Gasteiger partial charge in [0.05, 0.1) is 0 Å². The van der Waals surface area contributed by atoms with Gasteiger partial charge in [-0.15, -0.1) is 0 Å². The molecule has 0 aromatic heterocycles. The summed E-state index contributed by atoms with van der Waals surface area (Å²) in [7, 11) is -2.03. The van der Waals surface area contributed by atoms with Crippen LogP contribution in [0.5, 0.6) is 0 Å². The van der Waals surface area contributed by atoms with Crippen LogP contribution in [0, 0.1) is 40.4 Å². The third-order valence-corrected chi connectivity index (χ3v) is 15.8. The number of hydrogen-bond acceptors (Lipinski definition) is 3. The Morgan fingerprint density at radius 3 is 2.25 bits per heavy atom. The molecule has 0 saturated heterocycles. The lowest BCUT2D eigenvalue weighted by Gasteiger charge is -2.57. The van der Waals surface area contributed by atoms with E-state index in [-0.39, 0.29) is 51.9 Å². The van der Waals surface area contributed by atoms with Gasteiger partial charge >= 0.3 is 12.1 Å². The highest BCUT2D eigenvalue weighted by Gasteiger charge is 2.58. The summed E-state index contributed by atoms with van der Waals surface area (Å²) in [5, 5.41) is 2.32. The van der Waals surface area contributed by atoms with Crippen molar-refractivity contribution in [2.75, 3.05) is 13.2 Å². The Morgan fingerprint density at radius 2 is 1.67 bits per heavy atom. The molecule has 3 fully saturated rings. The highest BCUT2D eigenvalue weighted by Crippen LogP contribution is 2.63. The Labute approximate surface area is 217 Å². The van der Waals surface area contributed by atoms with Crippen LogP contribution >= 0.6 is 0 Å². The predicted octanol–water partition coefficient (Wildman–Crippen LogP) is 7.14. The number of ketones is 1. The van der Waals surface area contributed by atoms with Crippen LogP contribution in [0.3, 0.4) is 0 Å². The van der Waals surface area contributed by atoms with E-state index < -0.39 is 20.4 Å². The molecule has 0 aromatic carbocycles. The van der Waals surface area contributed by atoms with E-state index in [1.807, 2.05) is 0 Å². The standard InChI is InChI=1S/C28H48F3NO3Si/c1-18-9-10-22-21(16-32-24(34)28(29,30)31)23(12-14-26(18,22)5)27(6)13-11-20(33)15-19(27)17-35-36(7,8)25(2,3)4/h18-19,21-23H,9-17H2,1-8H3,(H,32,34)/t18-,19+,21-,22-,23-,26+,27-/m0/s1. The van der Waals surface area contributed by atoms with Gasteiger partial charge in [-0.2, -0.15) is 13.2 Å². The molecule has 0 spiro atoms. The normalized spacial score (nSPS) is 38.1. The number of alkyl halides is 3. The molecule has 1 N–H and O–H groups in total. The van der Waals surface area contributed by atoms with Crippen molar-refractivity contribution in [3.8, 4) is 0 Å². The lowest BCUT2D eigenvalue weighted by molar-refractivity contribution is -0.174. The molecule has 3 aliphatic rings. The smallest absolute Gasteiger partial charge is 0.417 e. The zero-order valence-electron chi connectivity index (χ0n) is 23.6. The molecule has 0 aliphatic heterocycles. The highest BCUT2D eigenvalue weighted by molar-refractivity contribution is 6.74. The second-order valence-electron chi connectivity index (χ2n) is 14.1. The first-order valence-corrected chi connectivity index (χ1v) is 16.7. The number of carbonyl (C=O) groups excluding carboxylic acids is 2. The fourth-order valence-corrected chi connectivity index (χ4v) is 8.50. The summed E-state index contributed by atoms with van der Waals surface area (Å²) < 4.78 is 45.9. The molecule has 3 saturated carbocycles. The molecule has 7 atom stereocenters. The van der Waals surface area contributed by atoms with Crippen LogP contribution in [0.1, 0.15) is 86.5 Å². The Bertz CT molecular complexity index is 839. The number of amides is 1. The first-order chi connectivity index (χ1) is 16.3. The lowest BCUT2D eigenvalue weighted by atomic mass is 9.49. The first-order valence-electron chi connectivity index (χ1n) is 13.8. The number of carbonyl (C=O) groups is 2. The average molecular weight is 532 g/mol. The minimum Gasteiger partial charge on any atom is -0.417 e. The fraction of sp³-hybridized carbons (Fsp3) is 0.929. The van der Waals surface area contributed by atoms with Crippen LogP contribution in [0.2, 0.25) is 18.1 Å². The van der Waals surface area contributed by atoms with Crippen molar-refractivity contribution < 1.29 is 27.2 Å². The third kappa shape index (κ3) is 5.59. The molecule has 4 nitrogen and oxygen atoms in total. The Balaban J connectivity index is 1.91. The predicted molar refractivity (Wildman–Crippen MR) is 139 cm³/mol.